The van der Waals surface area contributed by atoms with Crippen molar-refractivity contribution < 1.29 is 4.57 Å². The molecule has 4 heteroatoms. The molecule has 0 radical (unpaired) electrons. The highest BCUT2D eigenvalue weighted by Crippen LogP contribution is 2.46. The molecule has 0 fully saturated rings. The molecule has 0 aromatic heterocycles. The fourth-order valence-corrected chi connectivity index (χ4v) is 7.15. The third kappa shape index (κ3) is 3.21. The molecular weight excluding hydrogens is 435 g/mol. The van der Waals surface area contributed by atoms with Gasteiger partial charge in [-0.3, -0.25) is 4.57 Å². The summed E-state index contributed by atoms with van der Waals surface area (Å²) in [4.78, 5) is 0. The van der Waals surface area contributed by atoms with Crippen molar-refractivity contribution in [3.05, 3.63) is 121 Å². The van der Waals surface area contributed by atoms with Gasteiger partial charge in [0.1, 0.15) is 0 Å². The summed E-state index contributed by atoms with van der Waals surface area (Å²) in [7, 11) is -1.33. The molecular formula is C30H23N2OP. The molecule has 0 atom stereocenters. The second-order valence-electron chi connectivity index (χ2n) is 8.49. The van der Waals surface area contributed by atoms with E-state index in [1.165, 1.54) is 26.9 Å². The topological polar surface area (TPSA) is 32.7 Å². The van der Waals surface area contributed by atoms with Crippen molar-refractivity contribution in [2.24, 2.45) is 5.10 Å². The number of hydrogen-bond donors (Lipinski definition) is 0. The number of hydrogen-bond acceptors (Lipinski definition) is 2. The summed E-state index contributed by atoms with van der Waals surface area (Å²) in [5.74, 6) is 0. The van der Waals surface area contributed by atoms with Crippen LogP contribution in [0.5, 0.6) is 0 Å². The van der Waals surface area contributed by atoms with Crippen molar-refractivity contribution in [2.45, 2.75) is 0 Å². The van der Waals surface area contributed by atoms with Gasteiger partial charge in [-0.15, -0.1) is 0 Å². The van der Waals surface area contributed by atoms with Gasteiger partial charge >= 0.3 is 0 Å². The van der Waals surface area contributed by atoms with Gasteiger partial charge in [-0.25, -0.2) is 4.78 Å². The van der Waals surface area contributed by atoms with Crippen molar-refractivity contribution in [2.75, 3.05) is 7.05 Å². The Morgan fingerprint density at radius 3 is 1.76 bits per heavy atom. The van der Waals surface area contributed by atoms with Gasteiger partial charge in [0.2, 0.25) is 7.29 Å². The lowest BCUT2D eigenvalue weighted by Gasteiger charge is -2.26. The Morgan fingerprint density at radius 2 is 1.15 bits per heavy atom. The van der Waals surface area contributed by atoms with Crippen LogP contribution in [-0.2, 0) is 4.57 Å². The zero-order valence-corrected chi connectivity index (χ0v) is 19.7. The summed E-state index contributed by atoms with van der Waals surface area (Å²) in [6.45, 7) is 0. The first-order valence-electron chi connectivity index (χ1n) is 11.3. The third-order valence-electron chi connectivity index (χ3n) is 6.55. The van der Waals surface area contributed by atoms with E-state index < -0.39 is 7.29 Å². The molecule has 6 aromatic carbocycles. The summed E-state index contributed by atoms with van der Waals surface area (Å²) in [6.07, 6.45) is 1.84. The molecule has 0 unspecified atom stereocenters. The van der Waals surface area contributed by atoms with Crippen molar-refractivity contribution in [1.82, 2.24) is 4.78 Å². The van der Waals surface area contributed by atoms with Crippen LogP contribution in [0.25, 0.3) is 32.3 Å². The van der Waals surface area contributed by atoms with Crippen LogP contribution >= 0.6 is 7.29 Å². The number of hydrazone groups is 1. The zero-order chi connectivity index (χ0) is 23.1. The average molecular weight is 459 g/mol. The normalized spacial score (nSPS) is 12.3. The molecule has 34 heavy (non-hydrogen) atoms. The number of benzene rings is 6. The second-order valence-corrected chi connectivity index (χ2v) is 11.3. The Labute approximate surface area is 198 Å². The predicted octanol–water partition coefficient (Wildman–Crippen LogP) is 6.78. The van der Waals surface area contributed by atoms with Gasteiger partial charge in [-0.1, -0.05) is 91.0 Å². The van der Waals surface area contributed by atoms with Gasteiger partial charge in [-0.2, -0.15) is 5.10 Å². The maximum atomic E-state index is 14.5. The smallest absolute Gasteiger partial charge is 0.244 e. The molecule has 0 aliphatic heterocycles. The first-order chi connectivity index (χ1) is 16.7. The Morgan fingerprint density at radius 1 is 0.618 bits per heavy atom. The molecule has 164 valence electrons. The Hall–Kier alpha value is -3.94. The summed E-state index contributed by atoms with van der Waals surface area (Å²) in [5.41, 5.74) is 1.00. The van der Waals surface area contributed by atoms with E-state index in [0.29, 0.717) is 0 Å². The molecule has 0 N–H and O–H groups in total. The quantitative estimate of drug-likeness (QED) is 0.123. The molecule has 0 aliphatic carbocycles. The van der Waals surface area contributed by atoms with Gasteiger partial charge in [0, 0.05) is 23.2 Å². The maximum Gasteiger partial charge on any atom is 0.244 e. The van der Waals surface area contributed by atoms with E-state index in [1.807, 2.05) is 66.9 Å². The van der Waals surface area contributed by atoms with Crippen molar-refractivity contribution >= 4 is 56.4 Å². The van der Waals surface area contributed by atoms with E-state index in [0.717, 1.165) is 21.6 Å². The molecule has 6 aromatic rings. The van der Waals surface area contributed by atoms with Crippen molar-refractivity contribution in [3.63, 3.8) is 0 Å². The lowest BCUT2D eigenvalue weighted by Crippen LogP contribution is -2.26. The van der Waals surface area contributed by atoms with Gasteiger partial charge in [0.05, 0.1) is 6.21 Å². The van der Waals surface area contributed by atoms with Crippen molar-refractivity contribution in [3.8, 4) is 0 Å². The Balaban J connectivity index is 1.48. The molecule has 0 heterocycles. The Bertz CT molecular complexity index is 1630. The maximum absolute atomic E-state index is 14.5. The van der Waals surface area contributed by atoms with E-state index in [4.69, 9.17) is 5.10 Å². The summed E-state index contributed by atoms with van der Waals surface area (Å²) < 4.78 is 16.1. The number of nitrogens with zero attached hydrogens (tertiary/aromatic N) is 2. The molecule has 0 amide bonds. The first kappa shape index (κ1) is 20.7. The molecule has 6 rings (SSSR count). The second kappa shape index (κ2) is 8.13. The van der Waals surface area contributed by atoms with E-state index in [9.17, 15) is 4.57 Å². The van der Waals surface area contributed by atoms with Crippen LogP contribution in [0.1, 0.15) is 5.56 Å². The van der Waals surface area contributed by atoms with Crippen molar-refractivity contribution in [1.29, 1.82) is 0 Å². The highest BCUT2D eigenvalue weighted by atomic mass is 31.2. The minimum Gasteiger partial charge on any atom is -0.288 e. The predicted molar refractivity (Wildman–Crippen MR) is 145 cm³/mol. The SMILES string of the molecule is CN(/N=C/c1ccc2ccc3cccc4ccc1c2c34)P(=O)(c1ccccc1)c1ccccc1. The van der Waals surface area contributed by atoms with Gasteiger partial charge in [0.15, 0.2) is 0 Å². The summed E-state index contributed by atoms with van der Waals surface area (Å²) in [5, 5.41) is 13.6. The van der Waals surface area contributed by atoms with Crippen LogP contribution in [0, 0.1) is 0 Å². The monoisotopic (exact) mass is 458 g/mol. The van der Waals surface area contributed by atoms with Crippen LogP contribution in [0.3, 0.4) is 0 Å². The molecule has 3 nitrogen and oxygen atoms in total. The summed E-state index contributed by atoms with van der Waals surface area (Å²) >= 11 is 0. The first-order valence-corrected chi connectivity index (χ1v) is 13.0. The Kier molecular flexibility index (Phi) is 4.94. The van der Waals surface area contributed by atoms with Crippen LogP contribution in [0.15, 0.2) is 120 Å². The minimum absolute atomic E-state index is 0.760. The lowest BCUT2D eigenvalue weighted by atomic mass is 9.92. The van der Waals surface area contributed by atoms with Crippen LogP contribution in [-0.4, -0.2) is 18.0 Å². The zero-order valence-electron chi connectivity index (χ0n) is 18.8. The largest absolute Gasteiger partial charge is 0.288 e. The molecule has 0 spiro atoms. The van der Waals surface area contributed by atoms with Crippen LogP contribution < -0.4 is 10.6 Å². The number of rotatable bonds is 5. The van der Waals surface area contributed by atoms with Gasteiger partial charge < -0.3 is 0 Å². The van der Waals surface area contributed by atoms with E-state index in [-0.39, 0.29) is 0 Å². The van der Waals surface area contributed by atoms with Crippen LogP contribution in [0.2, 0.25) is 0 Å². The van der Waals surface area contributed by atoms with E-state index in [2.05, 4.69) is 54.6 Å². The summed E-state index contributed by atoms with van der Waals surface area (Å²) in [6, 6.07) is 38.6. The fourth-order valence-electron chi connectivity index (χ4n) is 4.83. The molecule has 0 saturated heterocycles. The lowest BCUT2D eigenvalue weighted by molar-refractivity contribution is 0.506. The molecule has 0 aliphatic rings. The standard InChI is InChI=1S/C30H23N2OP/c1-32(34(33,26-11-4-2-5-12-26)27-13-6-3-7-14-27)31-21-25-18-17-24-16-15-22-9-8-10-23-19-20-28(25)30(24)29(22)23/h2-21H,1H3/b31-21+. The van der Waals surface area contributed by atoms with Gasteiger partial charge in [0.25, 0.3) is 0 Å². The molecule has 0 bridgehead atoms. The highest BCUT2D eigenvalue weighted by Gasteiger charge is 2.31. The third-order valence-corrected chi connectivity index (χ3v) is 9.46. The average Bonchev–Trinajstić information content (AvgIpc) is 2.91. The fraction of sp³-hybridized carbons (Fsp3) is 0.0333. The van der Waals surface area contributed by atoms with Gasteiger partial charge in [-0.05, 0) is 56.6 Å². The highest BCUT2D eigenvalue weighted by molar-refractivity contribution is 7.76. The van der Waals surface area contributed by atoms with E-state index >= 15 is 0 Å². The van der Waals surface area contributed by atoms with Crippen LogP contribution in [0.4, 0.5) is 0 Å². The van der Waals surface area contributed by atoms with E-state index in [1.54, 1.807) is 11.8 Å². The molecule has 0 saturated carbocycles. The minimum atomic E-state index is -3.13.